The van der Waals surface area contributed by atoms with Crippen LogP contribution in [0.1, 0.15) is 43.2 Å². The topological polar surface area (TPSA) is 131 Å². The Morgan fingerprint density at radius 1 is 1.14 bits per heavy atom. The lowest BCUT2D eigenvalue weighted by atomic mass is 9.76. The number of imide groups is 1. The lowest BCUT2D eigenvalue weighted by Crippen LogP contribution is -2.58. The summed E-state index contributed by atoms with van der Waals surface area (Å²) in [5.41, 5.74) is 7.31. The van der Waals surface area contributed by atoms with E-state index in [2.05, 4.69) is 5.32 Å². The highest BCUT2D eigenvalue weighted by Crippen LogP contribution is 2.36. The standard InChI is InChI=1S/C30H40F2N4O6S/c1-19-17-34-18-23(36(19)43(3,39)40)11-12-24-25(32)5-4-6-26(24)35(30(38)41-2)29(37)28(33)27(21-13-15-42-16-14-21)20-7-9-22(31)10-8-20/h4-10,19,21,23,27-28,34H,11-18,33H2,1-3H3/t19-,23-,27-,28-/m0/s1. The van der Waals surface area contributed by atoms with Gasteiger partial charge in [-0.15, -0.1) is 0 Å². The van der Waals surface area contributed by atoms with Crippen molar-refractivity contribution >= 4 is 27.7 Å². The number of piperazine rings is 1. The fourth-order valence-electron chi connectivity index (χ4n) is 6.37. The van der Waals surface area contributed by atoms with Crippen LogP contribution in [0, 0.1) is 17.6 Å². The van der Waals surface area contributed by atoms with Gasteiger partial charge in [-0.25, -0.2) is 26.9 Å². The van der Waals surface area contributed by atoms with Crippen LogP contribution in [0.2, 0.25) is 0 Å². The molecule has 0 bridgehead atoms. The van der Waals surface area contributed by atoms with E-state index in [1.165, 1.54) is 34.6 Å². The monoisotopic (exact) mass is 622 g/mol. The second kappa shape index (κ2) is 14.2. The number of halogens is 2. The fourth-order valence-corrected chi connectivity index (χ4v) is 7.82. The molecule has 0 spiro atoms. The number of carbonyl (C=O) groups is 2. The molecule has 0 saturated carbocycles. The average Bonchev–Trinajstić information content (AvgIpc) is 2.97. The second-order valence-electron chi connectivity index (χ2n) is 11.2. The van der Waals surface area contributed by atoms with Crippen LogP contribution in [0.3, 0.4) is 0 Å². The number of methoxy groups -OCH3 is 1. The quantitative estimate of drug-likeness (QED) is 0.436. The Hall–Kier alpha value is -2.97. The van der Waals surface area contributed by atoms with Gasteiger partial charge in [-0.1, -0.05) is 18.2 Å². The van der Waals surface area contributed by atoms with Crippen molar-refractivity contribution in [2.24, 2.45) is 11.7 Å². The van der Waals surface area contributed by atoms with Crippen LogP contribution in [0.15, 0.2) is 42.5 Å². The van der Waals surface area contributed by atoms with Crippen molar-refractivity contribution in [3.05, 3.63) is 65.2 Å². The Morgan fingerprint density at radius 3 is 2.44 bits per heavy atom. The summed E-state index contributed by atoms with van der Waals surface area (Å²) >= 11 is 0. The molecule has 13 heteroatoms. The van der Waals surface area contributed by atoms with Crippen LogP contribution in [-0.4, -0.2) is 82.5 Å². The number of amides is 2. The zero-order chi connectivity index (χ0) is 31.3. The van der Waals surface area contributed by atoms with E-state index >= 15 is 4.39 Å². The maximum absolute atomic E-state index is 15.4. The molecule has 0 radical (unpaired) electrons. The lowest BCUT2D eigenvalue weighted by Gasteiger charge is -2.39. The number of anilines is 1. The van der Waals surface area contributed by atoms with Gasteiger partial charge in [0.1, 0.15) is 11.6 Å². The zero-order valence-corrected chi connectivity index (χ0v) is 25.5. The SMILES string of the molecule is COC(=O)N(C(=O)[C@@H](N)[C@@H](c1ccc(F)cc1)C1CCOCC1)c1cccc(F)c1CC[C@H]1CNC[C@H](C)N1S(C)(=O)=O. The van der Waals surface area contributed by atoms with Gasteiger partial charge >= 0.3 is 6.09 Å². The van der Waals surface area contributed by atoms with E-state index in [1.54, 1.807) is 19.1 Å². The number of nitrogens with zero attached hydrogens (tertiary/aromatic N) is 2. The number of hydrogen-bond donors (Lipinski definition) is 2. The van der Waals surface area contributed by atoms with E-state index in [0.29, 0.717) is 44.7 Å². The van der Waals surface area contributed by atoms with E-state index in [-0.39, 0.29) is 36.1 Å². The molecule has 4 atom stereocenters. The highest BCUT2D eigenvalue weighted by Gasteiger charge is 2.40. The van der Waals surface area contributed by atoms with E-state index in [1.807, 2.05) is 0 Å². The molecule has 0 aliphatic carbocycles. The van der Waals surface area contributed by atoms with Crippen molar-refractivity contribution < 1.29 is 36.3 Å². The molecule has 236 valence electrons. The predicted molar refractivity (Wildman–Crippen MR) is 158 cm³/mol. The Kier molecular flexibility index (Phi) is 10.9. The molecule has 0 aromatic heterocycles. The number of rotatable bonds is 9. The molecule has 2 heterocycles. The van der Waals surface area contributed by atoms with Gasteiger partial charge in [0.05, 0.1) is 25.1 Å². The van der Waals surface area contributed by atoms with Crippen LogP contribution in [0.5, 0.6) is 0 Å². The van der Waals surface area contributed by atoms with Crippen LogP contribution in [0.25, 0.3) is 0 Å². The molecule has 10 nitrogen and oxygen atoms in total. The molecule has 2 aliphatic rings. The first-order valence-electron chi connectivity index (χ1n) is 14.4. The summed E-state index contributed by atoms with van der Waals surface area (Å²) in [6.07, 6.45) is 1.58. The zero-order valence-electron chi connectivity index (χ0n) is 24.7. The van der Waals surface area contributed by atoms with E-state index in [4.69, 9.17) is 15.2 Å². The van der Waals surface area contributed by atoms with Crippen LogP contribution >= 0.6 is 0 Å². The molecule has 2 amide bonds. The number of sulfonamides is 1. The number of ether oxygens (including phenoxy) is 2. The van der Waals surface area contributed by atoms with Crippen molar-refractivity contribution in [1.82, 2.24) is 9.62 Å². The number of hydrogen-bond acceptors (Lipinski definition) is 8. The van der Waals surface area contributed by atoms with Gasteiger partial charge in [-0.05, 0) is 68.4 Å². The first-order chi connectivity index (χ1) is 20.4. The third-order valence-electron chi connectivity index (χ3n) is 8.34. The van der Waals surface area contributed by atoms with Crippen molar-refractivity contribution in [2.75, 3.05) is 44.6 Å². The van der Waals surface area contributed by atoms with Gasteiger partial charge in [0.15, 0.2) is 0 Å². The largest absolute Gasteiger partial charge is 0.452 e. The number of carbonyl (C=O) groups excluding carboxylic acids is 2. The normalized spacial score (nSPS) is 21.6. The summed E-state index contributed by atoms with van der Waals surface area (Å²) < 4.78 is 66.2. The van der Waals surface area contributed by atoms with Crippen LogP contribution in [-0.2, 0) is 30.7 Å². The van der Waals surface area contributed by atoms with Gasteiger partial charge < -0.3 is 20.5 Å². The summed E-state index contributed by atoms with van der Waals surface area (Å²) in [4.78, 5) is 28.1. The van der Waals surface area contributed by atoms with E-state index < -0.39 is 51.7 Å². The molecule has 4 rings (SSSR count). The molecule has 43 heavy (non-hydrogen) atoms. The minimum absolute atomic E-state index is 0.0279. The number of nitrogens with one attached hydrogen (secondary N) is 1. The highest BCUT2D eigenvalue weighted by molar-refractivity contribution is 7.88. The minimum atomic E-state index is -3.54. The van der Waals surface area contributed by atoms with Crippen molar-refractivity contribution in [1.29, 1.82) is 0 Å². The molecule has 2 aliphatic heterocycles. The Balaban J connectivity index is 1.69. The molecule has 2 fully saturated rings. The van der Waals surface area contributed by atoms with E-state index in [9.17, 15) is 22.4 Å². The molecule has 3 N–H and O–H groups in total. The molecule has 2 aromatic carbocycles. The minimum Gasteiger partial charge on any atom is -0.452 e. The second-order valence-corrected chi connectivity index (χ2v) is 13.1. The summed E-state index contributed by atoms with van der Waals surface area (Å²) in [6, 6.07) is 7.76. The van der Waals surface area contributed by atoms with Crippen molar-refractivity contribution in [2.45, 2.75) is 56.7 Å². The van der Waals surface area contributed by atoms with E-state index in [0.717, 1.165) is 18.3 Å². The van der Waals surface area contributed by atoms with Crippen molar-refractivity contribution in [3.8, 4) is 0 Å². The molecule has 2 saturated heterocycles. The predicted octanol–water partition coefficient (Wildman–Crippen LogP) is 3.16. The number of benzene rings is 2. The first kappa shape index (κ1) is 32.9. The Labute approximate surface area is 251 Å². The summed E-state index contributed by atoms with van der Waals surface area (Å²) in [7, 11) is -2.43. The third kappa shape index (κ3) is 7.58. The van der Waals surface area contributed by atoms with Crippen LogP contribution in [0.4, 0.5) is 19.3 Å². The molecular formula is C30H40F2N4O6S. The Bertz CT molecular complexity index is 1390. The van der Waals surface area contributed by atoms with Gasteiger partial charge in [-0.3, -0.25) is 4.79 Å². The third-order valence-corrected chi connectivity index (χ3v) is 9.76. The van der Waals surface area contributed by atoms with Crippen LogP contribution < -0.4 is 16.0 Å². The smallest absolute Gasteiger partial charge is 0.420 e. The lowest BCUT2D eigenvalue weighted by molar-refractivity contribution is -0.120. The van der Waals surface area contributed by atoms with Gasteiger partial charge in [0, 0.05) is 49.9 Å². The number of nitrogens with two attached hydrogens (primary N) is 1. The highest BCUT2D eigenvalue weighted by atomic mass is 32.2. The average molecular weight is 623 g/mol. The summed E-state index contributed by atoms with van der Waals surface area (Å²) in [5, 5.41) is 3.21. The first-order valence-corrected chi connectivity index (χ1v) is 16.3. The van der Waals surface area contributed by atoms with Gasteiger partial charge in [0.25, 0.3) is 5.91 Å². The van der Waals surface area contributed by atoms with Crippen molar-refractivity contribution in [3.63, 3.8) is 0 Å². The fraction of sp³-hybridized carbons (Fsp3) is 0.533. The van der Waals surface area contributed by atoms with Gasteiger partial charge in [-0.2, -0.15) is 4.31 Å². The summed E-state index contributed by atoms with van der Waals surface area (Å²) in [6.45, 7) is 3.59. The molecular weight excluding hydrogens is 582 g/mol. The maximum Gasteiger partial charge on any atom is 0.420 e. The van der Waals surface area contributed by atoms with Gasteiger partial charge in [0.2, 0.25) is 10.0 Å². The summed E-state index contributed by atoms with van der Waals surface area (Å²) in [5.74, 6) is -2.57. The Morgan fingerprint density at radius 2 is 1.81 bits per heavy atom. The maximum atomic E-state index is 15.4. The molecule has 2 aromatic rings. The molecule has 0 unspecified atom stereocenters.